The van der Waals surface area contributed by atoms with Gasteiger partial charge in [0.1, 0.15) is 0 Å². The normalized spacial score (nSPS) is 10.6. The van der Waals surface area contributed by atoms with E-state index in [1.807, 2.05) is 0 Å². The highest BCUT2D eigenvalue weighted by Gasteiger charge is 2.19. The van der Waals surface area contributed by atoms with Crippen molar-refractivity contribution >= 4 is 34.4 Å². The smallest absolute Gasteiger partial charge is 0.206 e. The number of thiazole rings is 1. The van der Waals surface area contributed by atoms with Crippen molar-refractivity contribution in [2.45, 2.75) is 0 Å². The van der Waals surface area contributed by atoms with E-state index >= 15 is 0 Å². The van der Waals surface area contributed by atoms with Crippen molar-refractivity contribution in [1.29, 1.82) is 0 Å². The minimum Gasteiger partial charge on any atom is -0.396 e. The number of hydrogen-bond donors (Lipinski definition) is 1. The van der Waals surface area contributed by atoms with E-state index in [4.69, 9.17) is 17.3 Å². The zero-order valence-corrected chi connectivity index (χ0v) is 12.8. The molecular formula is C16H10ClFN2OS. The summed E-state index contributed by atoms with van der Waals surface area (Å²) in [7, 11) is 0. The molecule has 0 amide bonds. The van der Waals surface area contributed by atoms with Crippen molar-refractivity contribution in [3.05, 3.63) is 69.4 Å². The molecule has 6 heteroatoms. The van der Waals surface area contributed by atoms with E-state index in [2.05, 4.69) is 4.98 Å². The third-order valence-electron chi connectivity index (χ3n) is 3.24. The fourth-order valence-electron chi connectivity index (χ4n) is 2.10. The zero-order chi connectivity index (χ0) is 15.7. The number of carbonyl (C=O) groups excluding carboxylic acids is 1. The third kappa shape index (κ3) is 2.61. The number of anilines is 1. The highest BCUT2D eigenvalue weighted by molar-refractivity contribution is 7.11. The molecule has 0 fully saturated rings. The molecule has 2 N–H and O–H groups in total. The van der Waals surface area contributed by atoms with Crippen LogP contribution in [-0.2, 0) is 0 Å². The summed E-state index contributed by atoms with van der Waals surface area (Å²) in [6.07, 6.45) is 1.44. The minimum atomic E-state index is -0.613. The van der Waals surface area contributed by atoms with Gasteiger partial charge >= 0.3 is 0 Å². The second-order valence-electron chi connectivity index (χ2n) is 4.59. The first-order valence-electron chi connectivity index (χ1n) is 6.35. The predicted octanol–water partition coefficient (Wildman–Crippen LogP) is 4.42. The molecular weight excluding hydrogens is 323 g/mol. The number of carbonyl (C=O) groups is 1. The Kier molecular flexibility index (Phi) is 3.92. The van der Waals surface area contributed by atoms with E-state index in [1.165, 1.54) is 23.6 Å². The van der Waals surface area contributed by atoms with Gasteiger partial charge in [-0.3, -0.25) is 9.78 Å². The maximum absolute atomic E-state index is 14.5. The molecule has 110 valence electrons. The predicted molar refractivity (Wildman–Crippen MR) is 86.8 cm³/mol. The first kappa shape index (κ1) is 14.7. The lowest BCUT2D eigenvalue weighted by atomic mass is 9.99. The lowest BCUT2D eigenvalue weighted by Crippen LogP contribution is -2.06. The maximum atomic E-state index is 14.5. The van der Waals surface area contributed by atoms with Crippen molar-refractivity contribution in [2.24, 2.45) is 0 Å². The molecule has 1 aromatic heterocycles. The molecule has 22 heavy (non-hydrogen) atoms. The molecule has 0 unspecified atom stereocenters. The molecule has 0 aliphatic carbocycles. The second kappa shape index (κ2) is 5.87. The number of halogens is 2. The fraction of sp³-hybridized carbons (Fsp3) is 0. The number of rotatable bonds is 3. The van der Waals surface area contributed by atoms with Crippen LogP contribution in [0.5, 0.6) is 0 Å². The molecule has 0 radical (unpaired) electrons. The topological polar surface area (TPSA) is 56.0 Å². The number of benzene rings is 2. The summed E-state index contributed by atoms with van der Waals surface area (Å²) in [6, 6.07) is 9.81. The van der Waals surface area contributed by atoms with Crippen molar-refractivity contribution in [1.82, 2.24) is 4.98 Å². The van der Waals surface area contributed by atoms with Gasteiger partial charge in [0, 0.05) is 22.3 Å². The quantitative estimate of drug-likeness (QED) is 0.570. The maximum Gasteiger partial charge on any atom is 0.206 e. The van der Waals surface area contributed by atoms with Gasteiger partial charge < -0.3 is 5.73 Å². The van der Waals surface area contributed by atoms with Gasteiger partial charge in [0.2, 0.25) is 5.78 Å². The summed E-state index contributed by atoms with van der Waals surface area (Å²) in [5.74, 6) is -0.945. The SMILES string of the molecule is Nc1c(C(=O)c2cncs2)ccc(-c2ccc(Cl)cc2)c1F. The van der Waals surface area contributed by atoms with E-state index in [0.717, 1.165) is 0 Å². The van der Waals surface area contributed by atoms with Gasteiger partial charge in [-0.05, 0) is 23.8 Å². The molecule has 3 rings (SSSR count). The second-order valence-corrected chi connectivity index (χ2v) is 5.91. The zero-order valence-electron chi connectivity index (χ0n) is 11.2. The van der Waals surface area contributed by atoms with Crippen molar-refractivity contribution in [3.63, 3.8) is 0 Å². The highest BCUT2D eigenvalue weighted by Crippen LogP contribution is 2.31. The van der Waals surface area contributed by atoms with E-state index in [1.54, 1.807) is 35.8 Å². The molecule has 2 aromatic carbocycles. The van der Waals surface area contributed by atoms with Gasteiger partial charge in [0.05, 0.1) is 16.1 Å². The molecule has 3 aromatic rings. The largest absolute Gasteiger partial charge is 0.396 e. The van der Waals surface area contributed by atoms with Crippen molar-refractivity contribution in [3.8, 4) is 11.1 Å². The van der Waals surface area contributed by atoms with Gasteiger partial charge in [-0.25, -0.2) is 4.39 Å². The van der Waals surface area contributed by atoms with E-state index in [0.29, 0.717) is 21.0 Å². The Balaban J connectivity index is 2.05. The lowest BCUT2D eigenvalue weighted by molar-refractivity contribution is 0.104. The number of hydrogen-bond acceptors (Lipinski definition) is 4. The lowest BCUT2D eigenvalue weighted by Gasteiger charge is -2.10. The first-order chi connectivity index (χ1) is 10.6. The summed E-state index contributed by atoms with van der Waals surface area (Å²) >= 11 is 7.02. The van der Waals surface area contributed by atoms with Crippen LogP contribution in [0, 0.1) is 5.82 Å². The van der Waals surface area contributed by atoms with Crippen LogP contribution in [-0.4, -0.2) is 10.8 Å². The molecule has 0 aliphatic heterocycles. The fourth-order valence-corrected chi connectivity index (χ4v) is 2.80. The summed E-state index contributed by atoms with van der Waals surface area (Å²) < 4.78 is 14.5. The highest BCUT2D eigenvalue weighted by atomic mass is 35.5. The number of nitrogens with two attached hydrogens (primary N) is 1. The van der Waals surface area contributed by atoms with Crippen LogP contribution < -0.4 is 5.73 Å². The monoisotopic (exact) mass is 332 g/mol. The third-order valence-corrected chi connectivity index (χ3v) is 4.26. The van der Waals surface area contributed by atoms with Crippen molar-refractivity contribution < 1.29 is 9.18 Å². The van der Waals surface area contributed by atoms with Gasteiger partial charge in [-0.15, -0.1) is 11.3 Å². The van der Waals surface area contributed by atoms with Gasteiger partial charge in [-0.1, -0.05) is 29.8 Å². The molecule has 0 spiro atoms. The summed E-state index contributed by atoms with van der Waals surface area (Å²) in [6.45, 7) is 0. The minimum absolute atomic E-state index is 0.138. The molecule has 0 aliphatic rings. The van der Waals surface area contributed by atoms with Crippen LogP contribution in [0.3, 0.4) is 0 Å². The first-order valence-corrected chi connectivity index (χ1v) is 7.61. The van der Waals surface area contributed by atoms with Gasteiger partial charge in [0.15, 0.2) is 5.82 Å². The van der Waals surface area contributed by atoms with Gasteiger partial charge in [-0.2, -0.15) is 0 Å². The molecule has 1 heterocycles. The Morgan fingerprint density at radius 3 is 2.55 bits per heavy atom. The van der Waals surface area contributed by atoms with Crippen molar-refractivity contribution in [2.75, 3.05) is 5.73 Å². The van der Waals surface area contributed by atoms with Crippen LogP contribution in [0.25, 0.3) is 11.1 Å². The van der Waals surface area contributed by atoms with Crippen LogP contribution in [0.15, 0.2) is 48.1 Å². The average molecular weight is 333 g/mol. The number of nitrogens with zero attached hydrogens (tertiary/aromatic N) is 1. The Morgan fingerprint density at radius 2 is 1.91 bits per heavy atom. The number of nitrogen functional groups attached to an aromatic ring is 1. The van der Waals surface area contributed by atoms with E-state index in [-0.39, 0.29) is 17.0 Å². The molecule has 0 atom stereocenters. The van der Waals surface area contributed by atoms with Crippen LogP contribution in [0.2, 0.25) is 5.02 Å². The Labute approximate surface area is 135 Å². The summed E-state index contributed by atoms with van der Waals surface area (Å²) in [5.41, 5.74) is 8.31. The molecule has 0 saturated heterocycles. The Bertz CT molecular complexity index is 832. The molecule has 0 bridgehead atoms. The molecule has 3 nitrogen and oxygen atoms in total. The number of ketones is 1. The van der Waals surface area contributed by atoms with Crippen LogP contribution in [0.4, 0.5) is 10.1 Å². The van der Waals surface area contributed by atoms with E-state index < -0.39 is 5.82 Å². The summed E-state index contributed by atoms with van der Waals surface area (Å²) in [4.78, 5) is 16.5. The molecule has 0 saturated carbocycles. The standard InChI is InChI=1S/C16H10ClFN2OS/c17-10-3-1-9(2-4-10)11-5-6-12(15(19)14(11)18)16(21)13-7-20-8-22-13/h1-8H,19H2. The average Bonchev–Trinajstić information content (AvgIpc) is 3.05. The van der Waals surface area contributed by atoms with Crippen LogP contribution in [0.1, 0.15) is 15.2 Å². The summed E-state index contributed by atoms with van der Waals surface area (Å²) in [5, 5.41) is 0.564. The Morgan fingerprint density at radius 1 is 1.18 bits per heavy atom. The number of aromatic nitrogens is 1. The van der Waals surface area contributed by atoms with Crippen LogP contribution >= 0.6 is 22.9 Å². The van der Waals surface area contributed by atoms with Gasteiger partial charge in [0.25, 0.3) is 0 Å². The Hall–Kier alpha value is -2.24. The van der Waals surface area contributed by atoms with E-state index in [9.17, 15) is 9.18 Å².